The minimum Gasteiger partial charge on any atom is -0.454 e. The number of amides is 1. The maximum Gasteiger partial charge on any atom is 0.325 e. The van der Waals surface area contributed by atoms with E-state index in [0.29, 0.717) is 17.9 Å². The molecule has 7 heteroatoms. The highest BCUT2D eigenvalue weighted by Crippen LogP contribution is 2.22. The van der Waals surface area contributed by atoms with Crippen molar-refractivity contribution in [3.05, 3.63) is 47.2 Å². The van der Waals surface area contributed by atoms with Gasteiger partial charge in [0, 0.05) is 12.0 Å². The number of rotatable bonds is 6. The lowest BCUT2D eigenvalue weighted by Gasteiger charge is -2.19. The Bertz CT molecular complexity index is 730. The Labute approximate surface area is 146 Å². The summed E-state index contributed by atoms with van der Waals surface area (Å²) >= 11 is 0. The van der Waals surface area contributed by atoms with Crippen molar-refractivity contribution >= 4 is 11.9 Å². The van der Waals surface area contributed by atoms with E-state index in [9.17, 15) is 9.59 Å². The highest BCUT2D eigenvalue weighted by Gasteiger charge is 2.15. The number of nitrogens with one attached hydrogen (secondary N) is 1. The van der Waals surface area contributed by atoms with E-state index in [0.717, 1.165) is 5.56 Å². The zero-order valence-corrected chi connectivity index (χ0v) is 15.0. The van der Waals surface area contributed by atoms with Crippen LogP contribution in [0.4, 0.5) is 0 Å². The first-order chi connectivity index (χ1) is 11.8. The Morgan fingerprint density at radius 1 is 1.12 bits per heavy atom. The van der Waals surface area contributed by atoms with Gasteiger partial charge in [0.2, 0.25) is 5.89 Å². The molecule has 0 radical (unpaired) electrons. The van der Waals surface area contributed by atoms with Crippen LogP contribution in [0.3, 0.4) is 0 Å². The molecule has 0 aliphatic heterocycles. The average Bonchev–Trinajstić information content (AvgIpc) is 3.05. The number of carbonyl (C=O) groups excluding carboxylic acids is 2. The Morgan fingerprint density at radius 3 is 2.32 bits per heavy atom. The van der Waals surface area contributed by atoms with Gasteiger partial charge in [0.05, 0.1) is 0 Å². The maximum atomic E-state index is 12.1. The fourth-order valence-corrected chi connectivity index (χ4v) is 2.06. The summed E-state index contributed by atoms with van der Waals surface area (Å²) in [6, 6.07) is 7.31. The van der Waals surface area contributed by atoms with E-state index in [1.165, 1.54) is 0 Å². The van der Waals surface area contributed by atoms with Crippen LogP contribution in [0.15, 0.2) is 28.7 Å². The van der Waals surface area contributed by atoms with Gasteiger partial charge in [0.25, 0.3) is 11.8 Å². The largest absolute Gasteiger partial charge is 0.454 e. The smallest absolute Gasteiger partial charge is 0.325 e. The van der Waals surface area contributed by atoms with E-state index in [1.807, 2.05) is 19.1 Å². The quantitative estimate of drug-likeness (QED) is 0.808. The number of hydrogen-bond acceptors (Lipinski definition) is 6. The number of esters is 1. The van der Waals surface area contributed by atoms with Gasteiger partial charge in [-0.25, -0.2) is 0 Å². The molecule has 0 saturated carbocycles. The first-order valence-corrected chi connectivity index (χ1v) is 8.15. The van der Waals surface area contributed by atoms with E-state index in [1.54, 1.807) is 12.1 Å². The lowest BCUT2D eigenvalue weighted by molar-refractivity contribution is -0.144. The normalized spacial score (nSPS) is 11.2. The van der Waals surface area contributed by atoms with Crippen molar-refractivity contribution in [3.8, 4) is 0 Å². The molecule has 0 aliphatic rings. The summed E-state index contributed by atoms with van der Waals surface area (Å²) in [6.45, 7) is 7.85. The Morgan fingerprint density at radius 2 is 1.76 bits per heavy atom. The minimum absolute atomic E-state index is 0.0190. The third-order valence-corrected chi connectivity index (χ3v) is 3.57. The van der Waals surface area contributed by atoms with Gasteiger partial charge in [-0.2, -0.15) is 0 Å². The van der Waals surface area contributed by atoms with Crippen LogP contribution in [0.5, 0.6) is 0 Å². The highest BCUT2D eigenvalue weighted by atomic mass is 16.5. The third-order valence-electron chi connectivity index (χ3n) is 3.57. The van der Waals surface area contributed by atoms with Gasteiger partial charge < -0.3 is 14.5 Å². The number of aromatic nitrogens is 2. The number of benzene rings is 1. The van der Waals surface area contributed by atoms with Crippen LogP contribution in [-0.4, -0.2) is 28.6 Å². The van der Waals surface area contributed by atoms with Crippen LogP contribution in [-0.2, 0) is 28.0 Å². The fourth-order valence-electron chi connectivity index (χ4n) is 2.06. The summed E-state index contributed by atoms with van der Waals surface area (Å²) in [5, 5.41) is 10.1. The van der Waals surface area contributed by atoms with Crippen molar-refractivity contribution in [3.63, 3.8) is 0 Å². The van der Waals surface area contributed by atoms with Crippen molar-refractivity contribution in [2.24, 2.45) is 0 Å². The van der Waals surface area contributed by atoms with Crippen LogP contribution in [0.25, 0.3) is 0 Å². The van der Waals surface area contributed by atoms with Crippen LogP contribution in [0, 0.1) is 0 Å². The third kappa shape index (κ3) is 5.41. The zero-order chi connectivity index (χ0) is 18.4. The second-order valence-corrected chi connectivity index (χ2v) is 6.61. The summed E-state index contributed by atoms with van der Waals surface area (Å²) < 4.78 is 10.2. The van der Waals surface area contributed by atoms with Gasteiger partial charge in [-0.15, -0.1) is 10.2 Å². The lowest BCUT2D eigenvalue weighted by Crippen LogP contribution is -2.30. The molecule has 1 N–H and O–H groups in total. The van der Waals surface area contributed by atoms with E-state index >= 15 is 0 Å². The van der Waals surface area contributed by atoms with Crippen molar-refractivity contribution < 1.29 is 18.7 Å². The molecule has 0 fully saturated rings. The Kier molecular flexibility index (Phi) is 5.90. The molecule has 2 aromatic rings. The van der Waals surface area contributed by atoms with Crippen molar-refractivity contribution in [1.82, 2.24) is 15.5 Å². The zero-order valence-electron chi connectivity index (χ0n) is 15.0. The molecule has 0 aliphatic carbocycles. The van der Waals surface area contributed by atoms with Crippen LogP contribution < -0.4 is 5.32 Å². The van der Waals surface area contributed by atoms with Crippen molar-refractivity contribution in [1.29, 1.82) is 0 Å². The van der Waals surface area contributed by atoms with E-state index in [-0.39, 0.29) is 30.4 Å². The van der Waals surface area contributed by atoms with Gasteiger partial charge in [-0.05, 0) is 23.1 Å². The molecular weight excluding hydrogens is 322 g/mol. The molecule has 2 rings (SSSR count). The summed E-state index contributed by atoms with van der Waals surface area (Å²) in [5.41, 5.74) is 1.64. The predicted octanol–water partition coefficient (Wildman–Crippen LogP) is 2.40. The monoisotopic (exact) mass is 345 g/mol. The minimum atomic E-state index is -0.573. The number of hydrogen-bond donors (Lipinski definition) is 1. The number of carbonyl (C=O) groups is 2. The molecule has 1 amide bonds. The molecule has 134 valence electrons. The number of nitrogens with zero attached hydrogens (tertiary/aromatic N) is 2. The molecule has 1 heterocycles. The van der Waals surface area contributed by atoms with Gasteiger partial charge in [-0.1, -0.05) is 39.8 Å². The summed E-state index contributed by atoms with van der Waals surface area (Å²) in [4.78, 5) is 23.8. The standard InChI is InChI=1S/C18H23N3O4/c1-5-14-20-21-15(25-14)11-24-16(22)10-19-17(23)12-6-8-13(9-7-12)18(2,3)4/h6-9H,5,10-11H2,1-4H3,(H,19,23). The molecule has 1 aromatic heterocycles. The second kappa shape index (κ2) is 7.92. The summed E-state index contributed by atoms with van der Waals surface area (Å²) in [7, 11) is 0. The van der Waals surface area contributed by atoms with Crippen LogP contribution in [0.1, 0.15) is 55.4 Å². The molecule has 7 nitrogen and oxygen atoms in total. The van der Waals surface area contributed by atoms with E-state index in [4.69, 9.17) is 9.15 Å². The molecular formula is C18H23N3O4. The fraction of sp³-hybridized carbons (Fsp3) is 0.444. The van der Waals surface area contributed by atoms with Crippen molar-refractivity contribution in [2.45, 2.75) is 46.1 Å². The highest BCUT2D eigenvalue weighted by molar-refractivity contribution is 5.95. The number of aryl methyl sites for hydroxylation is 1. The van der Waals surface area contributed by atoms with E-state index < -0.39 is 5.97 Å². The Hall–Kier alpha value is -2.70. The first kappa shape index (κ1) is 18.6. The summed E-state index contributed by atoms with van der Waals surface area (Å²) in [5.74, 6) is -0.188. The molecule has 1 aromatic carbocycles. The first-order valence-electron chi connectivity index (χ1n) is 8.15. The van der Waals surface area contributed by atoms with Gasteiger partial charge in [-0.3, -0.25) is 9.59 Å². The molecule has 0 unspecified atom stereocenters. The average molecular weight is 345 g/mol. The van der Waals surface area contributed by atoms with Gasteiger partial charge in [0.15, 0.2) is 6.61 Å². The van der Waals surface area contributed by atoms with Crippen LogP contribution >= 0.6 is 0 Å². The lowest BCUT2D eigenvalue weighted by atomic mass is 9.87. The number of ether oxygens (including phenoxy) is 1. The van der Waals surface area contributed by atoms with E-state index in [2.05, 4.69) is 36.3 Å². The van der Waals surface area contributed by atoms with Crippen molar-refractivity contribution in [2.75, 3.05) is 6.54 Å². The van der Waals surface area contributed by atoms with Gasteiger partial charge in [0.1, 0.15) is 6.54 Å². The topological polar surface area (TPSA) is 94.3 Å². The maximum absolute atomic E-state index is 12.1. The second-order valence-electron chi connectivity index (χ2n) is 6.61. The van der Waals surface area contributed by atoms with Gasteiger partial charge >= 0.3 is 5.97 Å². The summed E-state index contributed by atoms with van der Waals surface area (Å²) in [6.07, 6.45) is 0.616. The molecule has 0 saturated heterocycles. The predicted molar refractivity (Wildman–Crippen MR) is 90.9 cm³/mol. The molecule has 0 bridgehead atoms. The molecule has 25 heavy (non-hydrogen) atoms. The SMILES string of the molecule is CCc1nnc(COC(=O)CNC(=O)c2ccc(C(C)(C)C)cc2)o1. The molecule has 0 spiro atoms. The Balaban J connectivity index is 1.79. The molecule has 0 atom stereocenters. The van der Waals surface area contributed by atoms with Crippen LogP contribution in [0.2, 0.25) is 0 Å².